The molecule has 0 aliphatic rings. The molecule has 0 bridgehead atoms. The maximum Gasteiger partial charge on any atom is 0.141 e. The molecule has 0 atom stereocenters. The summed E-state index contributed by atoms with van der Waals surface area (Å²) in [5.74, 6) is 0.0921. The average Bonchev–Trinajstić information content (AvgIpc) is 2.48. The largest absolute Gasteiger partial charge is 0.495 e. The Balaban J connectivity index is 2.11. The molecule has 5 heteroatoms. The van der Waals surface area contributed by atoms with Crippen molar-refractivity contribution in [1.82, 2.24) is 0 Å². The van der Waals surface area contributed by atoms with Gasteiger partial charge in [0.25, 0.3) is 0 Å². The van der Waals surface area contributed by atoms with Gasteiger partial charge in [-0.05, 0) is 35.9 Å². The molecule has 2 aromatic rings. The fourth-order valence-electron chi connectivity index (χ4n) is 1.76. The number of benzene rings is 2. The quantitative estimate of drug-likeness (QED) is 0.926. The standard InChI is InChI=1S/C15H12ClFN2O/c1-20-15-5-2-10(6-11(15)8-18)9-19-12-3-4-14(17)13(16)7-12/h2-7,19H,9H2,1H3. The number of nitrogens with one attached hydrogen (secondary N) is 1. The molecule has 2 aromatic carbocycles. The van der Waals surface area contributed by atoms with Crippen LogP contribution in [0.1, 0.15) is 11.1 Å². The number of methoxy groups -OCH3 is 1. The molecule has 2 rings (SSSR count). The lowest BCUT2D eigenvalue weighted by Gasteiger charge is -2.09. The summed E-state index contributed by atoms with van der Waals surface area (Å²) in [5, 5.41) is 12.2. The molecule has 0 unspecified atom stereocenters. The summed E-state index contributed by atoms with van der Waals surface area (Å²) < 4.78 is 18.1. The van der Waals surface area contributed by atoms with Crippen LogP contribution in [0.15, 0.2) is 36.4 Å². The lowest BCUT2D eigenvalue weighted by atomic mass is 10.1. The molecule has 3 nitrogen and oxygen atoms in total. The van der Waals surface area contributed by atoms with E-state index in [4.69, 9.17) is 21.6 Å². The highest BCUT2D eigenvalue weighted by molar-refractivity contribution is 6.31. The van der Waals surface area contributed by atoms with Crippen LogP contribution in [0.3, 0.4) is 0 Å². The molecule has 0 radical (unpaired) electrons. The van der Waals surface area contributed by atoms with Crippen LogP contribution in [0.5, 0.6) is 5.75 Å². The summed E-state index contributed by atoms with van der Waals surface area (Å²) in [4.78, 5) is 0. The summed E-state index contributed by atoms with van der Waals surface area (Å²) in [5.41, 5.74) is 2.11. The molecule has 1 N–H and O–H groups in total. The SMILES string of the molecule is COc1ccc(CNc2ccc(F)c(Cl)c2)cc1C#N. The Hall–Kier alpha value is -2.25. The normalized spacial score (nSPS) is 9.90. The van der Waals surface area contributed by atoms with Crippen LogP contribution in [0, 0.1) is 17.1 Å². The lowest BCUT2D eigenvalue weighted by molar-refractivity contribution is 0.413. The van der Waals surface area contributed by atoms with E-state index in [1.54, 1.807) is 18.2 Å². The molecule has 0 amide bonds. The topological polar surface area (TPSA) is 45.0 Å². The zero-order chi connectivity index (χ0) is 14.5. The van der Waals surface area contributed by atoms with Crippen molar-refractivity contribution in [2.45, 2.75) is 6.54 Å². The fourth-order valence-corrected chi connectivity index (χ4v) is 1.94. The minimum absolute atomic E-state index is 0.0717. The van der Waals surface area contributed by atoms with E-state index in [-0.39, 0.29) is 5.02 Å². The highest BCUT2D eigenvalue weighted by atomic mass is 35.5. The van der Waals surface area contributed by atoms with E-state index in [1.807, 2.05) is 6.07 Å². The maximum atomic E-state index is 13.0. The van der Waals surface area contributed by atoms with Gasteiger partial charge in [0.2, 0.25) is 0 Å². The lowest BCUT2D eigenvalue weighted by Crippen LogP contribution is -2.00. The van der Waals surface area contributed by atoms with E-state index in [9.17, 15) is 4.39 Å². The van der Waals surface area contributed by atoms with Crippen LogP contribution in [0.4, 0.5) is 10.1 Å². The zero-order valence-corrected chi connectivity index (χ0v) is 11.5. The van der Waals surface area contributed by atoms with Crippen LogP contribution < -0.4 is 10.1 Å². The number of ether oxygens (including phenoxy) is 1. The van der Waals surface area contributed by atoms with Gasteiger partial charge in [-0.3, -0.25) is 0 Å². The number of halogens is 2. The Labute approximate surface area is 121 Å². The highest BCUT2D eigenvalue weighted by Gasteiger charge is 2.04. The minimum atomic E-state index is -0.451. The molecule has 0 fully saturated rings. The number of hydrogen-bond acceptors (Lipinski definition) is 3. The van der Waals surface area contributed by atoms with Crippen molar-refractivity contribution in [2.24, 2.45) is 0 Å². The Bertz CT molecular complexity index is 667. The van der Waals surface area contributed by atoms with Gasteiger partial charge < -0.3 is 10.1 Å². The van der Waals surface area contributed by atoms with Gasteiger partial charge in [0.15, 0.2) is 0 Å². The third-order valence-electron chi connectivity index (χ3n) is 2.80. The summed E-state index contributed by atoms with van der Waals surface area (Å²) in [6.07, 6.45) is 0. The average molecular weight is 291 g/mol. The van der Waals surface area contributed by atoms with Crippen LogP contribution in [0.25, 0.3) is 0 Å². The van der Waals surface area contributed by atoms with Gasteiger partial charge in [0.1, 0.15) is 17.6 Å². The van der Waals surface area contributed by atoms with Gasteiger partial charge in [-0.15, -0.1) is 0 Å². The first-order valence-electron chi connectivity index (χ1n) is 5.90. The summed E-state index contributed by atoms with van der Waals surface area (Å²) in [6.45, 7) is 0.501. The van der Waals surface area contributed by atoms with Crippen molar-refractivity contribution >= 4 is 17.3 Å². The van der Waals surface area contributed by atoms with Gasteiger partial charge in [0.05, 0.1) is 17.7 Å². The number of nitrogens with zero attached hydrogens (tertiary/aromatic N) is 1. The third kappa shape index (κ3) is 3.19. The van der Waals surface area contributed by atoms with Crippen LogP contribution >= 0.6 is 11.6 Å². The van der Waals surface area contributed by atoms with E-state index < -0.39 is 5.82 Å². The summed E-state index contributed by atoms with van der Waals surface area (Å²) >= 11 is 5.71. The van der Waals surface area contributed by atoms with Crippen LogP contribution in [-0.4, -0.2) is 7.11 Å². The number of nitriles is 1. The first-order chi connectivity index (χ1) is 9.63. The second-order valence-corrected chi connectivity index (χ2v) is 4.54. The smallest absolute Gasteiger partial charge is 0.141 e. The van der Waals surface area contributed by atoms with Crippen molar-refractivity contribution < 1.29 is 9.13 Å². The molecule has 0 saturated heterocycles. The minimum Gasteiger partial charge on any atom is -0.495 e. The van der Waals surface area contributed by atoms with Crippen LogP contribution in [-0.2, 0) is 6.54 Å². The van der Waals surface area contributed by atoms with Gasteiger partial charge >= 0.3 is 0 Å². The van der Waals surface area contributed by atoms with E-state index in [0.29, 0.717) is 23.5 Å². The Morgan fingerprint density at radius 3 is 2.75 bits per heavy atom. The van der Waals surface area contributed by atoms with E-state index >= 15 is 0 Å². The van der Waals surface area contributed by atoms with Gasteiger partial charge in [-0.25, -0.2) is 4.39 Å². The van der Waals surface area contributed by atoms with E-state index in [2.05, 4.69) is 11.4 Å². The first kappa shape index (κ1) is 14.2. The number of anilines is 1. The van der Waals surface area contributed by atoms with Gasteiger partial charge in [0, 0.05) is 12.2 Å². The summed E-state index contributed by atoms with van der Waals surface area (Å²) in [6, 6.07) is 11.9. The molecule has 102 valence electrons. The molecule has 0 saturated carbocycles. The molecule has 0 spiro atoms. The predicted molar refractivity (Wildman–Crippen MR) is 76.4 cm³/mol. The molecular weight excluding hydrogens is 279 g/mol. The van der Waals surface area contributed by atoms with Crippen molar-refractivity contribution in [3.8, 4) is 11.8 Å². The fraction of sp³-hybridized carbons (Fsp3) is 0.133. The van der Waals surface area contributed by atoms with Crippen molar-refractivity contribution in [3.05, 3.63) is 58.4 Å². The van der Waals surface area contributed by atoms with E-state index in [0.717, 1.165) is 5.56 Å². The second-order valence-electron chi connectivity index (χ2n) is 4.13. The van der Waals surface area contributed by atoms with Crippen LogP contribution in [0.2, 0.25) is 5.02 Å². The first-order valence-corrected chi connectivity index (χ1v) is 6.28. The van der Waals surface area contributed by atoms with Crippen molar-refractivity contribution in [3.63, 3.8) is 0 Å². The zero-order valence-electron chi connectivity index (χ0n) is 10.8. The molecule has 0 aromatic heterocycles. The van der Waals surface area contributed by atoms with E-state index in [1.165, 1.54) is 19.2 Å². The maximum absolute atomic E-state index is 13.0. The van der Waals surface area contributed by atoms with Crippen molar-refractivity contribution in [1.29, 1.82) is 5.26 Å². The molecule has 0 aliphatic carbocycles. The molecule has 0 heterocycles. The second kappa shape index (κ2) is 6.27. The predicted octanol–water partition coefficient (Wildman–Crippen LogP) is 3.97. The molecular formula is C15H12ClFN2O. The number of hydrogen-bond donors (Lipinski definition) is 1. The number of rotatable bonds is 4. The summed E-state index contributed by atoms with van der Waals surface area (Å²) in [7, 11) is 1.52. The highest BCUT2D eigenvalue weighted by Crippen LogP contribution is 2.22. The van der Waals surface area contributed by atoms with Gasteiger partial charge in [-0.2, -0.15) is 5.26 Å². The van der Waals surface area contributed by atoms with Gasteiger partial charge in [-0.1, -0.05) is 17.7 Å². The Morgan fingerprint density at radius 2 is 2.10 bits per heavy atom. The molecule has 0 aliphatic heterocycles. The Morgan fingerprint density at radius 1 is 1.30 bits per heavy atom. The monoisotopic (exact) mass is 290 g/mol. The third-order valence-corrected chi connectivity index (χ3v) is 3.09. The molecule has 20 heavy (non-hydrogen) atoms. The Kier molecular flexibility index (Phi) is 4.44. The van der Waals surface area contributed by atoms with Crippen molar-refractivity contribution in [2.75, 3.05) is 12.4 Å².